The highest BCUT2D eigenvalue weighted by molar-refractivity contribution is 5.78. The van der Waals surface area contributed by atoms with Gasteiger partial charge in [-0.15, -0.1) is 0 Å². The number of carboxylic acid groups (broad SMARTS) is 1. The fourth-order valence-corrected chi connectivity index (χ4v) is 2.41. The number of aryl methyl sites for hydroxylation is 1. The zero-order valence-corrected chi connectivity index (χ0v) is 9.94. The quantitative estimate of drug-likeness (QED) is 0.831. The van der Waals surface area contributed by atoms with Gasteiger partial charge in [0, 0.05) is 18.3 Å². The number of fused-ring (bicyclic) bond motifs is 1. The topological polar surface area (TPSA) is 83.6 Å². The van der Waals surface area contributed by atoms with Gasteiger partial charge in [0.15, 0.2) is 0 Å². The van der Waals surface area contributed by atoms with E-state index in [0.29, 0.717) is 12.2 Å². The smallest absolute Gasteiger partial charge is 0.326 e. The lowest BCUT2D eigenvalue weighted by molar-refractivity contribution is -0.138. The fraction of sp³-hybridized carbons (Fsp3) is 0.455. The van der Waals surface area contributed by atoms with Crippen molar-refractivity contribution >= 4 is 17.6 Å². The number of nitrogens with zero attached hydrogens (tertiary/aromatic N) is 5. The van der Waals surface area contributed by atoms with Crippen molar-refractivity contribution in [1.29, 1.82) is 0 Å². The van der Waals surface area contributed by atoms with Crippen molar-refractivity contribution in [3.8, 4) is 0 Å². The van der Waals surface area contributed by atoms with Crippen LogP contribution in [0, 0.1) is 6.92 Å². The van der Waals surface area contributed by atoms with E-state index >= 15 is 0 Å². The summed E-state index contributed by atoms with van der Waals surface area (Å²) < 4.78 is 1.59. The first-order valence-electron chi connectivity index (χ1n) is 5.83. The monoisotopic (exact) mass is 247 g/mol. The van der Waals surface area contributed by atoms with Crippen LogP contribution in [0.2, 0.25) is 0 Å². The number of carboxylic acids is 1. The molecule has 7 heteroatoms. The maximum Gasteiger partial charge on any atom is 0.326 e. The molecule has 1 fully saturated rings. The standard InChI is InChI=1S/C11H13N5O2/c1-7-5-9(16-11(14-7)12-6-13-16)15-4-2-3-8(15)10(17)18/h5-6,8H,2-4H2,1H3,(H,17,18)/t8-/m1/s1. The van der Waals surface area contributed by atoms with Gasteiger partial charge >= 0.3 is 5.97 Å². The first kappa shape index (κ1) is 10.9. The van der Waals surface area contributed by atoms with Crippen molar-refractivity contribution in [3.63, 3.8) is 0 Å². The molecular weight excluding hydrogens is 234 g/mol. The average Bonchev–Trinajstić information content (AvgIpc) is 2.95. The summed E-state index contributed by atoms with van der Waals surface area (Å²) in [4.78, 5) is 21.4. The van der Waals surface area contributed by atoms with Crippen molar-refractivity contribution in [2.75, 3.05) is 11.4 Å². The fourth-order valence-electron chi connectivity index (χ4n) is 2.41. The van der Waals surface area contributed by atoms with Crippen LogP contribution in [0.15, 0.2) is 12.4 Å². The van der Waals surface area contributed by atoms with Crippen molar-refractivity contribution in [3.05, 3.63) is 18.1 Å². The molecule has 18 heavy (non-hydrogen) atoms. The summed E-state index contributed by atoms with van der Waals surface area (Å²) in [6, 6.07) is 1.36. The van der Waals surface area contributed by atoms with Crippen molar-refractivity contribution < 1.29 is 9.90 Å². The Bertz CT molecular complexity index is 608. The van der Waals surface area contributed by atoms with Crippen LogP contribution in [-0.4, -0.2) is 43.2 Å². The molecule has 0 unspecified atom stereocenters. The molecule has 1 atom stereocenters. The Morgan fingerprint density at radius 3 is 3.17 bits per heavy atom. The van der Waals surface area contributed by atoms with Crippen LogP contribution >= 0.6 is 0 Å². The number of hydrogen-bond acceptors (Lipinski definition) is 5. The molecule has 7 nitrogen and oxygen atoms in total. The number of anilines is 1. The molecule has 1 aliphatic heterocycles. The van der Waals surface area contributed by atoms with E-state index in [2.05, 4.69) is 15.1 Å². The van der Waals surface area contributed by atoms with E-state index in [1.54, 1.807) is 4.52 Å². The van der Waals surface area contributed by atoms with E-state index < -0.39 is 12.0 Å². The molecule has 2 aromatic rings. The number of rotatable bonds is 2. The second-order valence-corrected chi connectivity index (χ2v) is 4.42. The zero-order chi connectivity index (χ0) is 12.7. The van der Waals surface area contributed by atoms with Gasteiger partial charge in [0.05, 0.1) is 0 Å². The zero-order valence-electron chi connectivity index (χ0n) is 9.94. The van der Waals surface area contributed by atoms with Crippen LogP contribution in [0.1, 0.15) is 18.5 Å². The lowest BCUT2D eigenvalue weighted by Gasteiger charge is -2.23. The molecule has 3 rings (SSSR count). The Morgan fingerprint density at radius 1 is 1.56 bits per heavy atom. The minimum Gasteiger partial charge on any atom is -0.480 e. The summed E-state index contributed by atoms with van der Waals surface area (Å²) in [5.41, 5.74) is 0.807. The molecule has 1 saturated heterocycles. The highest BCUT2D eigenvalue weighted by atomic mass is 16.4. The Hall–Kier alpha value is -2.18. The lowest BCUT2D eigenvalue weighted by Crippen LogP contribution is -2.37. The minimum absolute atomic E-state index is 0.487. The summed E-state index contributed by atoms with van der Waals surface area (Å²) in [6.07, 6.45) is 2.96. The first-order valence-corrected chi connectivity index (χ1v) is 5.83. The first-order chi connectivity index (χ1) is 8.66. The van der Waals surface area contributed by atoms with Crippen LogP contribution in [0.5, 0.6) is 0 Å². The average molecular weight is 247 g/mol. The number of hydrogen-bond donors (Lipinski definition) is 1. The predicted molar refractivity (Wildman–Crippen MR) is 63.5 cm³/mol. The van der Waals surface area contributed by atoms with Crippen molar-refractivity contribution in [2.24, 2.45) is 0 Å². The third-order valence-corrected chi connectivity index (χ3v) is 3.19. The van der Waals surface area contributed by atoms with Crippen LogP contribution in [0.25, 0.3) is 5.78 Å². The van der Waals surface area contributed by atoms with Gasteiger partial charge in [0.2, 0.25) is 0 Å². The summed E-state index contributed by atoms with van der Waals surface area (Å²) in [5, 5.41) is 13.3. The molecule has 0 amide bonds. The van der Waals surface area contributed by atoms with Crippen LogP contribution in [0.3, 0.4) is 0 Å². The van der Waals surface area contributed by atoms with E-state index in [0.717, 1.165) is 24.5 Å². The molecule has 1 aliphatic rings. The summed E-state index contributed by atoms with van der Waals surface area (Å²) in [6.45, 7) is 2.58. The van der Waals surface area contributed by atoms with Crippen LogP contribution in [-0.2, 0) is 4.79 Å². The minimum atomic E-state index is -0.796. The molecular formula is C11H13N5O2. The molecule has 2 aromatic heterocycles. The van der Waals surface area contributed by atoms with Gasteiger partial charge in [-0.25, -0.2) is 9.78 Å². The number of carbonyl (C=O) groups is 1. The SMILES string of the molecule is Cc1cc(N2CCC[C@@H]2C(=O)O)n2ncnc2n1. The lowest BCUT2D eigenvalue weighted by atomic mass is 10.2. The molecule has 0 aliphatic carbocycles. The van der Waals surface area contributed by atoms with Crippen LogP contribution in [0.4, 0.5) is 5.82 Å². The second-order valence-electron chi connectivity index (χ2n) is 4.42. The Kier molecular flexibility index (Phi) is 2.39. The number of aromatic nitrogens is 4. The van der Waals surface area contributed by atoms with Gasteiger partial charge in [-0.1, -0.05) is 0 Å². The summed E-state index contributed by atoms with van der Waals surface area (Å²) in [7, 11) is 0. The van der Waals surface area contributed by atoms with E-state index in [4.69, 9.17) is 0 Å². The highest BCUT2D eigenvalue weighted by Crippen LogP contribution is 2.25. The highest BCUT2D eigenvalue weighted by Gasteiger charge is 2.32. The largest absolute Gasteiger partial charge is 0.480 e. The van der Waals surface area contributed by atoms with E-state index in [-0.39, 0.29) is 0 Å². The molecule has 94 valence electrons. The van der Waals surface area contributed by atoms with Gasteiger partial charge in [-0.05, 0) is 19.8 Å². The third kappa shape index (κ3) is 1.59. The molecule has 0 bridgehead atoms. The van der Waals surface area contributed by atoms with Gasteiger partial charge in [0.25, 0.3) is 5.78 Å². The molecule has 0 spiro atoms. The molecule has 0 saturated carbocycles. The molecule has 1 N–H and O–H groups in total. The summed E-state index contributed by atoms with van der Waals surface area (Å²) >= 11 is 0. The van der Waals surface area contributed by atoms with Gasteiger partial charge < -0.3 is 10.0 Å². The van der Waals surface area contributed by atoms with Gasteiger partial charge in [-0.2, -0.15) is 14.6 Å². The second kappa shape index (κ2) is 3.94. The summed E-state index contributed by atoms with van der Waals surface area (Å²) in [5.74, 6) is 0.455. The van der Waals surface area contributed by atoms with Crippen molar-refractivity contribution in [1.82, 2.24) is 19.6 Å². The van der Waals surface area contributed by atoms with E-state index in [1.807, 2.05) is 17.9 Å². The van der Waals surface area contributed by atoms with E-state index in [1.165, 1.54) is 6.33 Å². The normalized spacial score (nSPS) is 19.6. The van der Waals surface area contributed by atoms with Crippen molar-refractivity contribution in [2.45, 2.75) is 25.8 Å². The number of aliphatic carboxylic acids is 1. The molecule has 0 radical (unpaired) electrons. The molecule has 3 heterocycles. The maximum atomic E-state index is 11.2. The Labute approximate surface area is 103 Å². The van der Waals surface area contributed by atoms with Crippen LogP contribution < -0.4 is 4.90 Å². The van der Waals surface area contributed by atoms with Gasteiger partial charge in [0.1, 0.15) is 18.2 Å². The Morgan fingerprint density at radius 2 is 2.39 bits per heavy atom. The molecule has 0 aromatic carbocycles. The third-order valence-electron chi connectivity index (χ3n) is 3.19. The van der Waals surface area contributed by atoms with E-state index in [9.17, 15) is 9.90 Å². The predicted octanol–water partition coefficient (Wildman–Crippen LogP) is 0.486. The maximum absolute atomic E-state index is 11.2. The Balaban J connectivity index is 2.13. The van der Waals surface area contributed by atoms with Gasteiger partial charge in [-0.3, -0.25) is 0 Å².